The summed E-state index contributed by atoms with van der Waals surface area (Å²) in [6.07, 6.45) is 3.28. The Morgan fingerprint density at radius 2 is 2.10 bits per heavy atom. The molecular formula is C14H19N3O3S. The Hall–Kier alpha value is -2.02. The Labute approximate surface area is 129 Å². The highest BCUT2D eigenvalue weighted by Gasteiger charge is 2.10. The highest BCUT2D eigenvalue weighted by atomic mass is 32.1. The standard InChI is InChI=1S/C14H19N3O3S/c1-3-4-5-6-13(18)16-14(21)15-12-9-11(17(19)20)8-7-10(12)2/h7-9H,3-6H2,1-2H3,(H2,15,16,18,21). The Morgan fingerprint density at radius 3 is 2.71 bits per heavy atom. The molecule has 0 fully saturated rings. The third-order valence-electron chi connectivity index (χ3n) is 2.94. The normalized spacial score (nSPS) is 10.0. The van der Waals surface area contributed by atoms with Crippen molar-refractivity contribution >= 4 is 34.6 Å². The number of carbonyl (C=O) groups excluding carboxylic acids is 1. The van der Waals surface area contributed by atoms with Crippen molar-refractivity contribution in [2.45, 2.75) is 39.5 Å². The van der Waals surface area contributed by atoms with Crippen LogP contribution in [0.3, 0.4) is 0 Å². The third kappa shape index (κ3) is 5.86. The van der Waals surface area contributed by atoms with Crippen molar-refractivity contribution in [3.8, 4) is 0 Å². The van der Waals surface area contributed by atoms with Gasteiger partial charge in [0, 0.05) is 24.2 Å². The maximum atomic E-state index is 11.6. The van der Waals surface area contributed by atoms with E-state index in [-0.39, 0.29) is 16.7 Å². The molecule has 0 aliphatic carbocycles. The number of aryl methyl sites for hydroxylation is 1. The van der Waals surface area contributed by atoms with E-state index in [0.29, 0.717) is 12.1 Å². The van der Waals surface area contributed by atoms with E-state index >= 15 is 0 Å². The molecule has 21 heavy (non-hydrogen) atoms. The zero-order valence-corrected chi connectivity index (χ0v) is 13.0. The van der Waals surface area contributed by atoms with Gasteiger partial charge in [-0.15, -0.1) is 0 Å². The van der Waals surface area contributed by atoms with Crippen molar-refractivity contribution in [2.75, 3.05) is 5.32 Å². The molecule has 0 aromatic heterocycles. The van der Waals surface area contributed by atoms with E-state index in [2.05, 4.69) is 17.6 Å². The van der Waals surface area contributed by atoms with Crippen LogP contribution in [0.2, 0.25) is 0 Å². The first-order chi connectivity index (χ1) is 9.93. The number of nitro benzene ring substituents is 1. The van der Waals surface area contributed by atoms with E-state index in [4.69, 9.17) is 12.2 Å². The van der Waals surface area contributed by atoms with Crippen LogP contribution in [0.15, 0.2) is 18.2 Å². The van der Waals surface area contributed by atoms with Gasteiger partial charge in [0.25, 0.3) is 5.69 Å². The van der Waals surface area contributed by atoms with Crippen LogP contribution < -0.4 is 10.6 Å². The molecule has 0 spiro atoms. The molecule has 114 valence electrons. The molecule has 1 amide bonds. The van der Waals surface area contributed by atoms with Crippen LogP contribution >= 0.6 is 12.2 Å². The molecule has 1 aromatic rings. The predicted molar refractivity (Wildman–Crippen MR) is 86.3 cm³/mol. The monoisotopic (exact) mass is 309 g/mol. The van der Waals surface area contributed by atoms with Crippen molar-refractivity contribution in [3.63, 3.8) is 0 Å². The van der Waals surface area contributed by atoms with Crippen molar-refractivity contribution in [1.29, 1.82) is 0 Å². The van der Waals surface area contributed by atoms with Crippen molar-refractivity contribution in [2.24, 2.45) is 0 Å². The maximum Gasteiger partial charge on any atom is 0.271 e. The lowest BCUT2D eigenvalue weighted by Crippen LogP contribution is -2.34. The highest BCUT2D eigenvalue weighted by molar-refractivity contribution is 7.80. The minimum atomic E-state index is -0.475. The van der Waals surface area contributed by atoms with Crippen LogP contribution in [0.25, 0.3) is 0 Å². The lowest BCUT2D eigenvalue weighted by atomic mass is 10.2. The molecule has 0 heterocycles. The van der Waals surface area contributed by atoms with E-state index in [9.17, 15) is 14.9 Å². The number of hydrogen-bond acceptors (Lipinski definition) is 4. The molecule has 1 rings (SSSR count). The number of nitrogens with one attached hydrogen (secondary N) is 2. The quantitative estimate of drug-likeness (QED) is 0.364. The summed E-state index contributed by atoms with van der Waals surface area (Å²) >= 11 is 5.05. The number of non-ortho nitro benzene ring substituents is 1. The van der Waals surface area contributed by atoms with Crippen LogP contribution in [0, 0.1) is 17.0 Å². The Morgan fingerprint density at radius 1 is 1.38 bits per heavy atom. The first kappa shape index (κ1) is 17.0. The molecule has 7 heteroatoms. The fraction of sp³-hybridized carbons (Fsp3) is 0.429. The van der Waals surface area contributed by atoms with Crippen LogP contribution in [-0.2, 0) is 4.79 Å². The van der Waals surface area contributed by atoms with Crippen molar-refractivity contribution in [1.82, 2.24) is 5.32 Å². The van der Waals surface area contributed by atoms with Crippen LogP contribution in [0.1, 0.15) is 38.2 Å². The number of hydrogen-bond donors (Lipinski definition) is 2. The van der Waals surface area contributed by atoms with E-state index in [1.165, 1.54) is 12.1 Å². The fourth-order valence-corrected chi connectivity index (χ4v) is 1.96. The smallest absolute Gasteiger partial charge is 0.271 e. The Balaban J connectivity index is 2.60. The Kier molecular flexibility index (Phi) is 6.74. The van der Waals surface area contributed by atoms with Gasteiger partial charge < -0.3 is 10.6 Å². The second-order valence-corrected chi connectivity index (χ2v) is 5.12. The number of nitro groups is 1. The number of anilines is 1. The van der Waals surface area contributed by atoms with Gasteiger partial charge in [0.2, 0.25) is 5.91 Å². The molecule has 0 saturated carbocycles. The summed E-state index contributed by atoms with van der Waals surface area (Å²) in [5, 5.41) is 16.3. The van der Waals surface area contributed by atoms with E-state index < -0.39 is 4.92 Å². The zero-order valence-electron chi connectivity index (χ0n) is 12.1. The first-order valence-corrected chi connectivity index (χ1v) is 7.20. The number of benzene rings is 1. The molecule has 0 atom stereocenters. The summed E-state index contributed by atoms with van der Waals surface area (Å²) in [4.78, 5) is 21.9. The van der Waals surface area contributed by atoms with Gasteiger partial charge in [-0.3, -0.25) is 14.9 Å². The SMILES string of the molecule is CCCCCC(=O)NC(=S)Nc1cc([N+](=O)[O-])ccc1C. The molecule has 0 aliphatic heterocycles. The van der Waals surface area contributed by atoms with Crippen LogP contribution in [-0.4, -0.2) is 15.9 Å². The maximum absolute atomic E-state index is 11.6. The fourth-order valence-electron chi connectivity index (χ4n) is 1.74. The predicted octanol–water partition coefficient (Wildman–Crippen LogP) is 3.30. The van der Waals surface area contributed by atoms with Crippen molar-refractivity contribution < 1.29 is 9.72 Å². The van der Waals surface area contributed by atoms with Gasteiger partial charge in [-0.2, -0.15) is 0 Å². The molecule has 0 saturated heterocycles. The van der Waals surface area contributed by atoms with E-state index in [1.54, 1.807) is 13.0 Å². The van der Waals surface area contributed by atoms with Gasteiger partial charge >= 0.3 is 0 Å². The number of rotatable bonds is 6. The summed E-state index contributed by atoms with van der Waals surface area (Å²) in [6.45, 7) is 3.87. The lowest BCUT2D eigenvalue weighted by molar-refractivity contribution is -0.384. The number of nitrogens with zero attached hydrogens (tertiary/aromatic N) is 1. The van der Waals surface area contributed by atoms with Gasteiger partial charge in [-0.25, -0.2) is 0 Å². The molecule has 0 bridgehead atoms. The van der Waals surface area contributed by atoms with Gasteiger partial charge in [-0.1, -0.05) is 25.8 Å². The summed E-state index contributed by atoms with van der Waals surface area (Å²) in [5.74, 6) is -0.149. The molecule has 2 N–H and O–H groups in total. The summed E-state index contributed by atoms with van der Waals surface area (Å²) < 4.78 is 0. The topological polar surface area (TPSA) is 84.3 Å². The minimum Gasteiger partial charge on any atom is -0.332 e. The summed E-state index contributed by atoms with van der Waals surface area (Å²) in [5.41, 5.74) is 1.30. The average molecular weight is 309 g/mol. The molecular weight excluding hydrogens is 290 g/mol. The second kappa shape index (κ2) is 8.31. The highest BCUT2D eigenvalue weighted by Crippen LogP contribution is 2.21. The molecule has 6 nitrogen and oxygen atoms in total. The molecule has 1 aromatic carbocycles. The number of thiocarbonyl (C=S) groups is 1. The van der Waals surface area contributed by atoms with Crippen LogP contribution in [0.5, 0.6) is 0 Å². The molecule has 0 radical (unpaired) electrons. The largest absolute Gasteiger partial charge is 0.332 e. The van der Waals surface area contributed by atoms with Crippen LogP contribution in [0.4, 0.5) is 11.4 Å². The molecule has 0 unspecified atom stereocenters. The first-order valence-electron chi connectivity index (χ1n) is 6.80. The lowest BCUT2D eigenvalue weighted by Gasteiger charge is -2.11. The van der Waals surface area contributed by atoms with E-state index in [0.717, 1.165) is 24.8 Å². The van der Waals surface area contributed by atoms with Gasteiger partial charge in [0.05, 0.1) is 4.92 Å². The number of amides is 1. The van der Waals surface area contributed by atoms with Gasteiger partial charge in [0.15, 0.2) is 5.11 Å². The average Bonchev–Trinajstić information content (AvgIpc) is 2.41. The van der Waals surface area contributed by atoms with Gasteiger partial charge in [-0.05, 0) is 31.1 Å². The number of unbranched alkanes of at least 4 members (excludes halogenated alkanes) is 2. The van der Waals surface area contributed by atoms with E-state index in [1.807, 2.05) is 0 Å². The molecule has 0 aliphatic rings. The second-order valence-electron chi connectivity index (χ2n) is 4.72. The summed E-state index contributed by atoms with van der Waals surface area (Å²) in [6, 6.07) is 4.45. The van der Waals surface area contributed by atoms with Crippen molar-refractivity contribution in [3.05, 3.63) is 33.9 Å². The zero-order chi connectivity index (χ0) is 15.8. The third-order valence-corrected chi connectivity index (χ3v) is 3.14. The summed E-state index contributed by atoms with van der Waals surface area (Å²) in [7, 11) is 0. The van der Waals surface area contributed by atoms with Gasteiger partial charge in [0.1, 0.15) is 0 Å². The minimum absolute atomic E-state index is 0.0276. The Bertz CT molecular complexity index is 546. The number of carbonyl (C=O) groups is 1.